The van der Waals surface area contributed by atoms with E-state index < -0.39 is 5.69 Å². The van der Waals surface area contributed by atoms with Crippen molar-refractivity contribution in [3.63, 3.8) is 0 Å². The van der Waals surface area contributed by atoms with Crippen LogP contribution in [0.4, 0.5) is 0 Å². The van der Waals surface area contributed by atoms with E-state index in [-0.39, 0.29) is 29.6 Å². The van der Waals surface area contributed by atoms with Gasteiger partial charge in [0.15, 0.2) is 0 Å². The molecule has 0 aliphatic rings. The maximum atomic E-state index is 12.6. The molecule has 0 aliphatic heterocycles. The number of hydrogen-bond acceptors (Lipinski definition) is 4. The van der Waals surface area contributed by atoms with E-state index in [1.54, 1.807) is 0 Å². The molecule has 0 fully saturated rings. The summed E-state index contributed by atoms with van der Waals surface area (Å²) >= 11 is 6.35. The number of rotatable bonds is 4. The summed E-state index contributed by atoms with van der Waals surface area (Å²) in [5, 5.41) is 0. The molecule has 2 rings (SSSR count). The summed E-state index contributed by atoms with van der Waals surface area (Å²) in [6.07, 6.45) is 0. The van der Waals surface area contributed by atoms with Crippen LogP contribution < -0.4 is 39.0 Å². The molecule has 0 spiro atoms. The van der Waals surface area contributed by atoms with Crippen molar-refractivity contribution >= 4 is 28.9 Å². The summed E-state index contributed by atoms with van der Waals surface area (Å²) in [5.74, 6) is 0.603. The molecule has 0 N–H and O–H groups in total. The second-order valence-corrected chi connectivity index (χ2v) is 11.0. The minimum absolute atomic E-state index is 0. The Morgan fingerprint density at radius 1 is 0.955 bits per heavy atom. The third-order valence-corrected chi connectivity index (χ3v) is 6.77. The van der Waals surface area contributed by atoms with E-state index in [4.69, 9.17) is 16.3 Å². The minimum Gasteiger partial charge on any atom is -0.783 e. The molecule has 6 heteroatoms. The van der Waals surface area contributed by atoms with Crippen LogP contribution >= 0.6 is 17.1 Å². The van der Waals surface area contributed by atoms with Crippen LogP contribution in [0, 0.1) is 27.7 Å². The van der Waals surface area contributed by atoms with Crippen LogP contribution in [-0.2, 0) is 11.8 Å². The molecule has 112 valence electrons. The second-order valence-electron chi connectivity index (χ2n) is 5.17. The predicted molar refractivity (Wildman–Crippen MR) is 92.6 cm³/mol. The van der Waals surface area contributed by atoms with Crippen LogP contribution in [0.5, 0.6) is 5.75 Å². The topological polar surface area (TPSA) is 32.3 Å². The summed E-state index contributed by atoms with van der Waals surface area (Å²) in [6, 6.07) is 11.8. The fourth-order valence-electron chi connectivity index (χ4n) is 1.87. The first-order valence-electron chi connectivity index (χ1n) is 6.61. The average Bonchev–Trinajstić information content (AvgIpc) is 2.37. The standard InChI is InChI=1S/C16H19O2PS2.Na/c1-11-5-7-13(3)15(9-11)18-19(17,20)21-16-10-12(2)6-8-14(16)4;/h5-10H,1-4H3,(H,17,20);/q;+1/p-1. The van der Waals surface area contributed by atoms with Gasteiger partial charge in [-0.2, -0.15) is 0 Å². The molecule has 2 aromatic rings. The number of benzene rings is 2. The van der Waals surface area contributed by atoms with Gasteiger partial charge >= 0.3 is 29.6 Å². The molecule has 0 heterocycles. The molecule has 0 saturated heterocycles. The van der Waals surface area contributed by atoms with Crippen molar-refractivity contribution in [2.24, 2.45) is 0 Å². The average molecular weight is 360 g/mol. The molecule has 2 nitrogen and oxygen atoms in total. The van der Waals surface area contributed by atoms with E-state index in [1.807, 2.05) is 64.1 Å². The number of aryl methyl sites for hydroxylation is 4. The SMILES string of the molecule is Cc1ccc(C)c(OP([O-])(=S)Sc2cc(C)ccc2C)c1.[Na+]. The van der Waals surface area contributed by atoms with Crippen LogP contribution in [0.15, 0.2) is 41.3 Å². The van der Waals surface area contributed by atoms with Crippen LogP contribution in [0.2, 0.25) is 0 Å². The molecule has 0 saturated carbocycles. The van der Waals surface area contributed by atoms with E-state index >= 15 is 0 Å². The Labute approximate surface area is 163 Å². The fourth-order valence-corrected chi connectivity index (χ4v) is 5.67. The van der Waals surface area contributed by atoms with Crippen LogP contribution in [-0.4, -0.2) is 0 Å². The molecule has 0 aliphatic carbocycles. The van der Waals surface area contributed by atoms with Gasteiger partial charge in [-0.1, -0.05) is 47.5 Å². The zero-order chi connectivity index (χ0) is 15.6. The Balaban J connectivity index is 0.00000242. The van der Waals surface area contributed by atoms with Crippen molar-refractivity contribution in [3.05, 3.63) is 58.7 Å². The van der Waals surface area contributed by atoms with Crippen LogP contribution in [0.1, 0.15) is 22.3 Å². The molecule has 0 bridgehead atoms. The Morgan fingerprint density at radius 3 is 2.14 bits per heavy atom. The summed E-state index contributed by atoms with van der Waals surface area (Å²) in [5.41, 5.74) is 0.936. The van der Waals surface area contributed by atoms with Crippen molar-refractivity contribution in [1.29, 1.82) is 0 Å². The van der Waals surface area contributed by atoms with Crippen LogP contribution in [0.25, 0.3) is 0 Å². The van der Waals surface area contributed by atoms with Crippen molar-refractivity contribution in [2.75, 3.05) is 0 Å². The van der Waals surface area contributed by atoms with E-state index in [0.717, 1.165) is 38.5 Å². The van der Waals surface area contributed by atoms with Gasteiger partial charge in [0.1, 0.15) is 11.4 Å². The first kappa shape index (κ1) is 20.2. The van der Waals surface area contributed by atoms with E-state index in [2.05, 4.69) is 0 Å². The third kappa shape index (κ3) is 5.68. The molecular weight excluding hydrogens is 342 g/mol. The van der Waals surface area contributed by atoms with Gasteiger partial charge in [0.05, 0.1) is 0 Å². The summed E-state index contributed by atoms with van der Waals surface area (Å²) in [4.78, 5) is 13.6. The summed E-state index contributed by atoms with van der Waals surface area (Å²) in [7, 11) is 0. The van der Waals surface area contributed by atoms with Gasteiger partial charge in [0.2, 0.25) is 0 Å². The summed E-state index contributed by atoms with van der Waals surface area (Å²) < 4.78 is 5.65. The first-order chi connectivity index (χ1) is 9.77. The number of hydrogen-bond donors (Lipinski definition) is 0. The largest absolute Gasteiger partial charge is 1.00 e. The van der Waals surface area contributed by atoms with E-state index in [0.29, 0.717) is 5.75 Å². The molecule has 0 amide bonds. The van der Waals surface area contributed by atoms with Gasteiger partial charge in [0.25, 0.3) is 0 Å². The van der Waals surface area contributed by atoms with Gasteiger partial charge in [-0.15, -0.1) is 0 Å². The Kier molecular flexibility index (Phi) is 7.68. The van der Waals surface area contributed by atoms with Gasteiger partial charge < -0.3 is 9.42 Å². The molecule has 2 aromatic carbocycles. The Morgan fingerprint density at radius 2 is 1.50 bits per heavy atom. The van der Waals surface area contributed by atoms with Gasteiger partial charge in [-0.3, -0.25) is 0 Å². The Hall–Kier alpha value is 0.200. The molecular formula is C16H18NaO2PS2. The monoisotopic (exact) mass is 360 g/mol. The zero-order valence-corrected chi connectivity index (χ0v) is 18.1. The predicted octanol–water partition coefficient (Wildman–Crippen LogP) is 1.68. The summed E-state index contributed by atoms with van der Waals surface area (Å²) in [6.45, 7) is 7.88. The minimum atomic E-state index is -3.23. The smallest absolute Gasteiger partial charge is 0.783 e. The van der Waals surface area contributed by atoms with E-state index in [9.17, 15) is 4.89 Å². The van der Waals surface area contributed by atoms with Gasteiger partial charge in [-0.05, 0) is 62.1 Å². The van der Waals surface area contributed by atoms with Crippen molar-refractivity contribution in [1.82, 2.24) is 0 Å². The fraction of sp³-hybridized carbons (Fsp3) is 0.250. The van der Waals surface area contributed by atoms with Gasteiger partial charge in [0, 0.05) is 4.90 Å². The van der Waals surface area contributed by atoms with Crippen molar-refractivity contribution < 1.29 is 39.0 Å². The maximum Gasteiger partial charge on any atom is 1.00 e. The van der Waals surface area contributed by atoms with Crippen LogP contribution in [0.3, 0.4) is 0 Å². The Bertz CT molecular complexity index is 662. The van der Waals surface area contributed by atoms with E-state index in [1.165, 1.54) is 0 Å². The molecule has 1 unspecified atom stereocenters. The normalized spacial score (nSPS) is 13.1. The van der Waals surface area contributed by atoms with Crippen molar-refractivity contribution in [3.8, 4) is 5.75 Å². The molecule has 0 aromatic heterocycles. The molecule has 22 heavy (non-hydrogen) atoms. The molecule has 0 radical (unpaired) electrons. The zero-order valence-electron chi connectivity index (χ0n) is 13.5. The quantitative estimate of drug-likeness (QED) is 0.614. The second kappa shape index (κ2) is 8.34. The van der Waals surface area contributed by atoms with Crippen molar-refractivity contribution in [2.45, 2.75) is 32.6 Å². The first-order valence-corrected chi connectivity index (χ1v) is 10.7. The van der Waals surface area contributed by atoms with Gasteiger partial charge in [-0.25, -0.2) is 0 Å². The maximum absolute atomic E-state index is 12.6. The molecule has 1 atom stereocenters. The third-order valence-electron chi connectivity index (χ3n) is 3.11.